The third-order valence-electron chi connectivity index (χ3n) is 6.09. The van der Waals surface area contributed by atoms with Crippen molar-refractivity contribution in [3.63, 3.8) is 0 Å². The second-order valence-electron chi connectivity index (χ2n) is 7.98. The van der Waals surface area contributed by atoms with Gasteiger partial charge < -0.3 is 4.74 Å². The van der Waals surface area contributed by atoms with Gasteiger partial charge in [0.05, 0.1) is 0 Å². The second kappa shape index (κ2) is 7.89. The lowest BCUT2D eigenvalue weighted by atomic mass is 9.77. The monoisotopic (exact) mass is 438 g/mol. The molecule has 3 nitrogen and oxygen atoms in total. The summed E-state index contributed by atoms with van der Waals surface area (Å²) in [6.45, 7) is 0. The van der Waals surface area contributed by atoms with Gasteiger partial charge in [-0.3, -0.25) is 0 Å². The Kier molecular flexibility index (Phi) is 5.65. The molecule has 0 saturated heterocycles. The van der Waals surface area contributed by atoms with Crippen molar-refractivity contribution in [3.05, 3.63) is 57.6 Å². The van der Waals surface area contributed by atoms with Gasteiger partial charge in [-0.15, -0.1) is 0 Å². The summed E-state index contributed by atoms with van der Waals surface area (Å²) < 4.78 is 30.9. The van der Waals surface area contributed by atoms with Gasteiger partial charge in [0, 0.05) is 22.2 Å². The molecule has 2 aromatic carbocycles. The Morgan fingerprint density at radius 3 is 2.46 bits per heavy atom. The van der Waals surface area contributed by atoms with Gasteiger partial charge in [-0.2, -0.15) is 0 Å². The molecule has 0 radical (unpaired) electrons. The Hall–Kier alpha value is -1.23. The van der Waals surface area contributed by atoms with Crippen LogP contribution in [0.15, 0.2) is 41.3 Å². The summed E-state index contributed by atoms with van der Waals surface area (Å²) in [6.07, 6.45) is 7.93. The minimum Gasteiger partial charge on any atom is -0.484 e. The molecule has 1 saturated carbocycles. The van der Waals surface area contributed by atoms with Crippen molar-refractivity contribution in [2.24, 2.45) is 11.8 Å². The molecule has 150 valence electrons. The lowest BCUT2D eigenvalue weighted by molar-refractivity contribution is 0.0897. The molecule has 0 heterocycles. The first-order valence-electron chi connectivity index (χ1n) is 9.78. The lowest BCUT2D eigenvalue weighted by Crippen LogP contribution is -2.25. The first kappa shape index (κ1) is 20.1. The third-order valence-corrected chi connectivity index (χ3v) is 7.78. The molecule has 0 amide bonds. The van der Waals surface area contributed by atoms with Crippen LogP contribution in [0.4, 0.5) is 0 Å². The maximum atomic E-state index is 12.2. The van der Waals surface area contributed by atoms with E-state index in [0.717, 1.165) is 17.5 Å². The van der Waals surface area contributed by atoms with Crippen LogP contribution in [-0.4, -0.2) is 14.7 Å². The fourth-order valence-electron chi connectivity index (χ4n) is 4.78. The SMILES string of the molecule is CS(=O)(=O)c1ccccc1OC1c2cc(Cl)cc(Cl)c2CC1C1CCCCC1. The Balaban J connectivity index is 1.76. The van der Waals surface area contributed by atoms with Crippen LogP contribution < -0.4 is 4.74 Å². The van der Waals surface area contributed by atoms with Crippen molar-refractivity contribution >= 4 is 33.0 Å². The molecule has 0 aliphatic heterocycles. The van der Waals surface area contributed by atoms with E-state index in [2.05, 4.69) is 0 Å². The van der Waals surface area contributed by atoms with Crippen LogP contribution in [0.1, 0.15) is 49.3 Å². The first-order valence-corrected chi connectivity index (χ1v) is 12.4. The zero-order chi connectivity index (χ0) is 19.9. The number of hydrogen-bond acceptors (Lipinski definition) is 3. The van der Waals surface area contributed by atoms with Crippen molar-refractivity contribution in [1.29, 1.82) is 0 Å². The average molecular weight is 439 g/mol. The van der Waals surface area contributed by atoms with Crippen LogP contribution in [0.5, 0.6) is 5.75 Å². The number of hydrogen-bond donors (Lipinski definition) is 0. The molecule has 28 heavy (non-hydrogen) atoms. The summed E-state index contributed by atoms with van der Waals surface area (Å²) in [7, 11) is -3.39. The summed E-state index contributed by atoms with van der Waals surface area (Å²) >= 11 is 12.8. The van der Waals surface area contributed by atoms with Crippen molar-refractivity contribution < 1.29 is 13.2 Å². The molecule has 4 rings (SSSR count). The van der Waals surface area contributed by atoms with E-state index in [1.807, 2.05) is 6.07 Å². The fourth-order valence-corrected chi connectivity index (χ4v) is 6.18. The van der Waals surface area contributed by atoms with Crippen molar-refractivity contribution in [2.75, 3.05) is 6.26 Å². The first-order chi connectivity index (χ1) is 13.3. The molecular formula is C22H24Cl2O3S. The summed E-state index contributed by atoms with van der Waals surface area (Å²) in [6, 6.07) is 10.6. The maximum absolute atomic E-state index is 12.2. The van der Waals surface area contributed by atoms with E-state index in [9.17, 15) is 8.42 Å². The number of rotatable bonds is 4. The highest BCUT2D eigenvalue weighted by atomic mass is 35.5. The molecule has 2 atom stereocenters. The Labute approximate surface area is 176 Å². The van der Waals surface area contributed by atoms with Crippen LogP contribution in [0.2, 0.25) is 10.0 Å². The van der Waals surface area contributed by atoms with Gasteiger partial charge >= 0.3 is 0 Å². The smallest absolute Gasteiger partial charge is 0.179 e. The van der Waals surface area contributed by atoms with E-state index >= 15 is 0 Å². The quantitative estimate of drug-likeness (QED) is 0.564. The molecule has 1 fully saturated rings. The Morgan fingerprint density at radius 2 is 1.75 bits per heavy atom. The minimum absolute atomic E-state index is 0.221. The van der Waals surface area contributed by atoms with Gasteiger partial charge in [-0.25, -0.2) is 8.42 Å². The van der Waals surface area contributed by atoms with Crippen LogP contribution in [0.3, 0.4) is 0 Å². The van der Waals surface area contributed by atoms with Crippen LogP contribution in [0, 0.1) is 11.8 Å². The molecule has 0 aromatic heterocycles. The molecule has 0 spiro atoms. The van der Waals surface area contributed by atoms with Gasteiger partial charge in [0.1, 0.15) is 16.7 Å². The number of benzene rings is 2. The highest BCUT2D eigenvalue weighted by Gasteiger charge is 2.41. The molecule has 2 aliphatic carbocycles. The van der Waals surface area contributed by atoms with Crippen molar-refractivity contribution in [3.8, 4) is 5.75 Å². The van der Waals surface area contributed by atoms with Crippen LogP contribution >= 0.6 is 23.2 Å². The lowest BCUT2D eigenvalue weighted by Gasteiger charge is -2.32. The molecule has 6 heteroatoms. The number of ether oxygens (including phenoxy) is 1. The molecular weight excluding hydrogens is 415 g/mol. The zero-order valence-electron chi connectivity index (χ0n) is 15.8. The second-order valence-corrected chi connectivity index (χ2v) is 10.8. The predicted octanol–water partition coefficient (Wildman–Crippen LogP) is 6.27. The average Bonchev–Trinajstić information content (AvgIpc) is 3.01. The van der Waals surface area contributed by atoms with Crippen molar-refractivity contribution in [2.45, 2.75) is 49.5 Å². The summed E-state index contributed by atoms with van der Waals surface area (Å²) in [4.78, 5) is 0.221. The molecule has 0 N–H and O–H groups in total. The van der Waals surface area contributed by atoms with Crippen LogP contribution in [0.25, 0.3) is 0 Å². The third kappa shape index (κ3) is 3.92. The van der Waals surface area contributed by atoms with Gasteiger partial charge in [0.2, 0.25) is 0 Å². The fraction of sp³-hybridized carbons (Fsp3) is 0.455. The highest BCUT2D eigenvalue weighted by Crippen LogP contribution is 2.49. The minimum atomic E-state index is -3.39. The topological polar surface area (TPSA) is 43.4 Å². The normalized spacial score (nSPS) is 22.8. The van der Waals surface area contributed by atoms with E-state index in [-0.39, 0.29) is 16.9 Å². The molecule has 0 bridgehead atoms. The van der Waals surface area contributed by atoms with E-state index in [1.54, 1.807) is 30.3 Å². The van der Waals surface area contributed by atoms with E-state index in [1.165, 1.54) is 38.4 Å². The Bertz CT molecular complexity index is 981. The predicted molar refractivity (Wildman–Crippen MR) is 113 cm³/mol. The van der Waals surface area contributed by atoms with Crippen molar-refractivity contribution in [1.82, 2.24) is 0 Å². The van der Waals surface area contributed by atoms with Crippen LogP contribution in [-0.2, 0) is 16.3 Å². The highest BCUT2D eigenvalue weighted by molar-refractivity contribution is 7.90. The summed E-state index contributed by atoms with van der Waals surface area (Å²) in [5, 5.41) is 1.25. The van der Waals surface area contributed by atoms with Gasteiger partial charge in [-0.05, 0) is 47.7 Å². The van der Waals surface area contributed by atoms with Gasteiger partial charge in [-0.1, -0.05) is 67.4 Å². The molecule has 2 unspecified atom stereocenters. The zero-order valence-corrected chi connectivity index (χ0v) is 18.2. The number of halogens is 2. The summed E-state index contributed by atoms with van der Waals surface area (Å²) in [5.74, 6) is 1.23. The number of fused-ring (bicyclic) bond motifs is 1. The molecule has 2 aliphatic rings. The van der Waals surface area contributed by atoms with Gasteiger partial charge in [0.25, 0.3) is 0 Å². The number of para-hydroxylation sites is 1. The largest absolute Gasteiger partial charge is 0.484 e. The van der Waals surface area contributed by atoms with Gasteiger partial charge in [0.15, 0.2) is 9.84 Å². The van der Waals surface area contributed by atoms with E-state index in [4.69, 9.17) is 27.9 Å². The maximum Gasteiger partial charge on any atom is 0.179 e. The standard InChI is InChI=1S/C22H24Cl2O3S/c1-28(25,26)21-10-6-5-9-20(21)27-22-16(14-7-3-2-4-8-14)13-17-18(22)11-15(23)12-19(17)24/h5-6,9-12,14,16,22H,2-4,7-8,13H2,1H3. The summed E-state index contributed by atoms with van der Waals surface area (Å²) in [5.41, 5.74) is 2.08. The Morgan fingerprint density at radius 1 is 1.04 bits per heavy atom. The number of sulfone groups is 1. The van der Waals surface area contributed by atoms with E-state index in [0.29, 0.717) is 21.7 Å². The molecule has 2 aromatic rings. The van der Waals surface area contributed by atoms with E-state index < -0.39 is 9.84 Å².